The van der Waals surface area contributed by atoms with Crippen LogP contribution in [-0.2, 0) is 9.59 Å². The van der Waals surface area contributed by atoms with E-state index >= 15 is 0 Å². The molecule has 25 heavy (non-hydrogen) atoms. The number of carbonyl (C=O) groups is 2. The number of hydrogen-bond donors (Lipinski definition) is 1. The zero-order valence-corrected chi connectivity index (χ0v) is 14.4. The number of methoxy groups -OCH3 is 1. The van der Waals surface area contributed by atoms with E-state index in [0.717, 1.165) is 22.1 Å². The zero-order chi connectivity index (χ0) is 18.0. The zero-order valence-electron chi connectivity index (χ0n) is 13.6. The average molecular weight is 352 g/mol. The van der Waals surface area contributed by atoms with E-state index in [4.69, 9.17) is 17.0 Å². The molecule has 0 saturated carbocycles. The molecule has 1 N–H and O–H groups in total. The van der Waals surface area contributed by atoms with Crippen molar-refractivity contribution >= 4 is 46.0 Å². The Morgan fingerprint density at radius 3 is 2.60 bits per heavy atom. The largest absolute Gasteiger partial charge is 0.496 e. The van der Waals surface area contributed by atoms with E-state index in [0.29, 0.717) is 0 Å². The number of carbonyl (C=O) groups excluding carboxylic acids is 2. The molecule has 1 heterocycles. The maximum atomic E-state index is 12.6. The van der Waals surface area contributed by atoms with E-state index in [-0.39, 0.29) is 17.2 Å². The lowest BCUT2D eigenvalue weighted by Crippen LogP contribution is -2.53. The lowest BCUT2D eigenvalue weighted by molar-refractivity contribution is -0.128. The highest BCUT2D eigenvalue weighted by molar-refractivity contribution is 7.80. The Bertz CT molecular complexity index is 933. The van der Waals surface area contributed by atoms with E-state index in [9.17, 15) is 9.59 Å². The quantitative estimate of drug-likeness (QED) is 0.398. The van der Waals surface area contributed by atoms with Crippen molar-refractivity contribution in [1.82, 2.24) is 10.2 Å². The Kier molecular flexibility index (Phi) is 4.63. The predicted molar refractivity (Wildman–Crippen MR) is 101 cm³/mol. The molecule has 0 spiro atoms. The second-order valence-corrected chi connectivity index (χ2v) is 5.81. The number of benzene rings is 2. The van der Waals surface area contributed by atoms with Gasteiger partial charge >= 0.3 is 0 Å². The summed E-state index contributed by atoms with van der Waals surface area (Å²) in [6, 6.07) is 11.3. The van der Waals surface area contributed by atoms with E-state index in [1.807, 2.05) is 36.4 Å². The van der Waals surface area contributed by atoms with Crippen LogP contribution in [0.1, 0.15) is 5.56 Å². The van der Waals surface area contributed by atoms with E-state index in [2.05, 4.69) is 11.9 Å². The summed E-state index contributed by atoms with van der Waals surface area (Å²) in [6.07, 6.45) is 3.14. The molecule has 0 radical (unpaired) electrons. The molecule has 1 aliphatic rings. The van der Waals surface area contributed by atoms with Crippen molar-refractivity contribution in [2.45, 2.75) is 0 Å². The van der Waals surface area contributed by atoms with Crippen molar-refractivity contribution in [3.63, 3.8) is 0 Å². The van der Waals surface area contributed by atoms with Gasteiger partial charge in [-0.3, -0.25) is 19.8 Å². The molecule has 1 fully saturated rings. The molecule has 0 aliphatic carbocycles. The molecule has 0 aromatic heterocycles. The summed E-state index contributed by atoms with van der Waals surface area (Å²) < 4.78 is 5.37. The molecule has 3 rings (SSSR count). The molecule has 0 bridgehead atoms. The smallest absolute Gasteiger partial charge is 0.265 e. The van der Waals surface area contributed by atoms with Gasteiger partial charge in [0.05, 0.1) is 7.11 Å². The van der Waals surface area contributed by atoms with E-state index in [1.165, 1.54) is 4.90 Å². The average Bonchev–Trinajstić information content (AvgIpc) is 2.62. The van der Waals surface area contributed by atoms with E-state index < -0.39 is 11.8 Å². The van der Waals surface area contributed by atoms with Gasteiger partial charge in [0.2, 0.25) is 0 Å². The first-order chi connectivity index (χ1) is 12.1. The molecule has 1 saturated heterocycles. The van der Waals surface area contributed by atoms with Crippen LogP contribution >= 0.6 is 12.2 Å². The van der Waals surface area contributed by atoms with Crippen molar-refractivity contribution in [2.24, 2.45) is 0 Å². The molecule has 6 heteroatoms. The highest BCUT2D eigenvalue weighted by Gasteiger charge is 2.32. The first-order valence-corrected chi connectivity index (χ1v) is 8.03. The molecule has 1 aliphatic heterocycles. The van der Waals surface area contributed by atoms with Crippen LogP contribution in [0.4, 0.5) is 0 Å². The number of thiocarbonyl (C=S) groups is 1. The summed E-state index contributed by atoms with van der Waals surface area (Å²) in [6.45, 7) is 3.85. The molecular formula is C19H16N2O3S. The number of amides is 2. The van der Waals surface area contributed by atoms with Crippen molar-refractivity contribution in [1.29, 1.82) is 0 Å². The monoisotopic (exact) mass is 352 g/mol. The maximum absolute atomic E-state index is 12.6. The van der Waals surface area contributed by atoms with Gasteiger partial charge in [-0.1, -0.05) is 36.4 Å². The summed E-state index contributed by atoms with van der Waals surface area (Å²) in [5, 5.41) is 4.42. The maximum Gasteiger partial charge on any atom is 0.265 e. The highest BCUT2D eigenvalue weighted by atomic mass is 32.1. The third kappa shape index (κ3) is 3.04. The third-order valence-corrected chi connectivity index (χ3v) is 4.26. The second kappa shape index (κ2) is 6.86. The lowest BCUT2D eigenvalue weighted by atomic mass is 10.0. The van der Waals surface area contributed by atoms with Crippen molar-refractivity contribution in [3.05, 3.63) is 60.2 Å². The number of nitrogens with zero attached hydrogens (tertiary/aromatic N) is 1. The second-order valence-electron chi connectivity index (χ2n) is 5.42. The molecular weight excluding hydrogens is 336 g/mol. The fraction of sp³-hybridized carbons (Fsp3) is 0.105. The Labute approximate surface area is 150 Å². The summed E-state index contributed by atoms with van der Waals surface area (Å²) in [5.74, 6) is -0.213. The fourth-order valence-electron chi connectivity index (χ4n) is 2.74. The first-order valence-electron chi connectivity index (χ1n) is 7.62. The van der Waals surface area contributed by atoms with Crippen LogP contribution in [0.25, 0.3) is 16.8 Å². The van der Waals surface area contributed by atoms with Gasteiger partial charge in [0.25, 0.3) is 11.8 Å². The van der Waals surface area contributed by atoms with Gasteiger partial charge in [0.15, 0.2) is 5.11 Å². The van der Waals surface area contributed by atoms with Gasteiger partial charge in [-0.15, -0.1) is 6.58 Å². The van der Waals surface area contributed by atoms with Gasteiger partial charge in [-0.2, -0.15) is 0 Å². The Morgan fingerprint density at radius 1 is 1.20 bits per heavy atom. The number of fused-ring (bicyclic) bond motifs is 1. The molecule has 2 aromatic rings. The molecule has 2 aromatic carbocycles. The van der Waals surface area contributed by atoms with Gasteiger partial charge in [-0.25, -0.2) is 0 Å². The van der Waals surface area contributed by atoms with Gasteiger partial charge < -0.3 is 4.74 Å². The van der Waals surface area contributed by atoms with Crippen LogP contribution in [-0.4, -0.2) is 35.5 Å². The number of hydrogen-bond acceptors (Lipinski definition) is 4. The molecule has 2 amide bonds. The Balaban J connectivity index is 2.12. The SMILES string of the molecule is C=CCN1C(=O)/C(=C/c2ccc(OC)c3ccccc23)C(=O)NC1=S. The van der Waals surface area contributed by atoms with Crippen LogP contribution in [0.2, 0.25) is 0 Å². The van der Waals surface area contributed by atoms with Crippen LogP contribution < -0.4 is 10.1 Å². The third-order valence-electron chi connectivity index (χ3n) is 3.94. The fourth-order valence-corrected chi connectivity index (χ4v) is 2.99. The summed E-state index contributed by atoms with van der Waals surface area (Å²) >= 11 is 5.06. The summed E-state index contributed by atoms with van der Waals surface area (Å²) in [5.41, 5.74) is 0.784. The Morgan fingerprint density at radius 2 is 1.92 bits per heavy atom. The van der Waals surface area contributed by atoms with Crippen molar-refractivity contribution in [3.8, 4) is 5.75 Å². The normalized spacial score (nSPS) is 16.3. The minimum atomic E-state index is -0.504. The standard InChI is InChI=1S/C19H16N2O3S/c1-3-10-21-18(23)15(17(22)20-19(21)25)11-12-8-9-16(24-2)14-7-5-4-6-13(12)14/h3-9,11H,1,10H2,2H3,(H,20,22,25)/b15-11+. The Hall–Kier alpha value is -2.99. The van der Waals surface area contributed by atoms with Crippen LogP contribution in [0.3, 0.4) is 0 Å². The summed E-state index contributed by atoms with van der Waals surface area (Å²) in [4.78, 5) is 26.2. The molecule has 0 atom stereocenters. The number of nitrogens with one attached hydrogen (secondary N) is 1. The van der Waals surface area contributed by atoms with Crippen LogP contribution in [0, 0.1) is 0 Å². The highest BCUT2D eigenvalue weighted by Crippen LogP contribution is 2.30. The topological polar surface area (TPSA) is 58.6 Å². The van der Waals surface area contributed by atoms with Crippen LogP contribution in [0.15, 0.2) is 54.6 Å². The van der Waals surface area contributed by atoms with Crippen molar-refractivity contribution in [2.75, 3.05) is 13.7 Å². The lowest BCUT2D eigenvalue weighted by Gasteiger charge is -2.27. The molecule has 5 nitrogen and oxygen atoms in total. The minimum Gasteiger partial charge on any atom is -0.496 e. The molecule has 0 unspecified atom stereocenters. The molecule has 126 valence electrons. The van der Waals surface area contributed by atoms with Gasteiger partial charge in [-0.05, 0) is 35.3 Å². The number of ether oxygens (including phenoxy) is 1. The van der Waals surface area contributed by atoms with Crippen molar-refractivity contribution < 1.29 is 14.3 Å². The minimum absolute atomic E-state index is 0.0331. The predicted octanol–water partition coefficient (Wildman–Crippen LogP) is 2.66. The van der Waals surface area contributed by atoms with Gasteiger partial charge in [0, 0.05) is 11.9 Å². The van der Waals surface area contributed by atoms with Crippen LogP contribution in [0.5, 0.6) is 5.75 Å². The van der Waals surface area contributed by atoms with Gasteiger partial charge in [0.1, 0.15) is 11.3 Å². The summed E-state index contributed by atoms with van der Waals surface area (Å²) in [7, 11) is 1.60. The van der Waals surface area contributed by atoms with E-state index in [1.54, 1.807) is 19.3 Å². The first kappa shape index (κ1) is 16.9. The number of rotatable bonds is 4.